The average Bonchev–Trinajstić information content (AvgIpc) is 1.82. The number of hydrogen-bond donors (Lipinski definition) is 0. The number of carbonyl (C=O) groups excluding carboxylic acids is 1. The number of alkyl halides is 2. The molecule has 78 valence electrons. The van der Waals surface area contributed by atoms with E-state index in [0.29, 0.717) is 0 Å². The van der Waals surface area contributed by atoms with Crippen LogP contribution in [0.15, 0.2) is 0 Å². The summed E-state index contributed by atoms with van der Waals surface area (Å²) in [6.07, 6.45) is -2.30. The quantitative estimate of drug-likeness (QED) is 0.598. The summed E-state index contributed by atoms with van der Waals surface area (Å²) in [5, 5.41) is 0. The van der Waals surface area contributed by atoms with Gasteiger partial charge in [-0.25, -0.2) is 0 Å². The predicted molar refractivity (Wildman–Crippen MR) is 37.3 cm³/mol. The van der Waals surface area contributed by atoms with Gasteiger partial charge in [-0.05, 0) is 6.42 Å². The fraction of sp³-hybridized carbons (Fsp3) is 0.833. The average molecular weight is 214 g/mol. The first-order valence-electron chi connectivity index (χ1n) is 3.61. The second-order valence-corrected chi connectivity index (χ2v) is 4.18. The van der Waals surface area contributed by atoms with Crippen molar-refractivity contribution in [1.29, 1.82) is 0 Å². The maximum atomic E-state index is 12.6. The lowest BCUT2D eigenvalue weighted by molar-refractivity contribution is -0.313. The van der Waals surface area contributed by atoms with Crippen molar-refractivity contribution in [2.45, 2.75) is 25.7 Å². The van der Waals surface area contributed by atoms with E-state index in [4.69, 9.17) is 0 Å². The zero-order valence-electron chi connectivity index (χ0n) is 6.96. The molecule has 0 N–H and O–H groups in total. The van der Waals surface area contributed by atoms with E-state index in [-0.39, 0.29) is 6.42 Å². The highest BCUT2D eigenvalue weighted by molar-refractivity contribution is 7.49. The molecule has 0 aliphatic carbocycles. The summed E-state index contributed by atoms with van der Waals surface area (Å²) >= 11 is 0. The second-order valence-electron chi connectivity index (χ2n) is 2.65. The number of Topliss-reactive ketones (excluding diaryl/α,β-unsaturated/α-hetero) is 1. The Labute approximate surface area is 74.1 Å². The maximum absolute atomic E-state index is 12.6. The Morgan fingerprint density at radius 1 is 1.46 bits per heavy atom. The SMILES string of the molecule is CCCC(F)(F)C(=O)CP(=O)([O-])[O-]. The molecule has 0 rings (SSSR count). The highest BCUT2D eigenvalue weighted by Gasteiger charge is 2.36. The molecule has 4 nitrogen and oxygen atoms in total. The van der Waals surface area contributed by atoms with Crippen LogP contribution in [0.2, 0.25) is 0 Å². The Balaban J connectivity index is 4.34. The van der Waals surface area contributed by atoms with E-state index in [2.05, 4.69) is 0 Å². The van der Waals surface area contributed by atoms with Gasteiger partial charge in [-0.3, -0.25) is 4.79 Å². The fourth-order valence-corrected chi connectivity index (χ4v) is 1.33. The number of carbonyl (C=O) groups is 1. The van der Waals surface area contributed by atoms with Gasteiger partial charge in [0.05, 0.1) is 0 Å². The minimum atomic E-state index is -5.17. The van der Waals surface area contributed by atoms with Crippen molar-refractivity contribution in [3.8, 4) is 0 Å². The molecular weight excluding hydrogens is 205 g/mol. The van der Waals surface area contributed by atoms with E-state index >= 15 is 0 Å². The van der Waals surface area contributed by atoms with Gasteiger partial charge < -0.3 is 14.4 Å². The summed E-state index contributed by atoms with van der Waals surface area (Å²) < 4.78 is 35.2. The lowest BCUT2D eigenvalue weighted by atomic mass is 10.1. The normalized spacial score (nSPS) is 13.0. The minimum absolute atomic E-state index is 0.0424. The summed E-state index contributed by atoms with van der Waals surface area (Å²) in [7, 11) is -5.17. The zero-order valence-corrected chi connectivity index (χ0v) is 7.85. The van der Waals surface area contributed by atoms with E-state index in [1.54, 1.807) is 0 Å². The van der Waals surface area contributed by atoms with Gasteiger partial charge in [-0.1, -0.05) is 14.5 Å². The molecule has 0 aliphatic rings. The predicted octanol–water partition coefficient (Wildman–Crippen LogP) is -0.0954. The minimum Gasteiger partial charge on any atom is -0.810 e. The van der Waals surface area contributed by atoms with Crippen LogP contribution in [0, 0.1) is 0 Å². The van der Waals surface area contributed by atoms with Gasteiger partial charge in [0.15, 0.2) is 0 Å². The second kappa shape index (κ2) is 4.26. The third-order valence-electron chi connectivity index (χ3n) is 1.31. The van der Waals surface area contributed by atoms with Crippen LogP contribution in [0.1, 0.15) is 19.8 Å². The van der Waals surface area contributed by atoms with Gasteiger partial charge in [-0.2, -0.15) is 8.78 Å². The standard InChI is InChI=1S/C6H11F2O4P/c1-2-3-6(7,8)5(9)4-13(10,11)12/h2-4H2,1H3,(H2,10,11,12)/p-2. The van der Waals surface area contributed by atoms with E-state index in [1.807, 2.05) is 0 Å². The van der Waals surface area contributed by atoms with E-state index in [9.17, 15) is 27.9 Å². The lowest BCUT2D eigenvalue weighted by Crippen LogP contribution is -2.34. The molecule has 13 heavy (non-hydrogen) atoms. The third kappa shape index (κ3) is 5.08. The van der Waals surface area contributed by atoms with Gasteiger partial charge in [0, 0.05) is 12.6 Å². The molecule has 0 aromatic carbocycles. The maximum Gasteiger partial charge on any atom is 0.305 e. The van der Waals surface area contributed by atoms with Gasteiger partial charge in [0.1, 0.15) is 0 Å². The Kier molecular flexibility index (Phi) is 4.16. The fourth-order valence-electron chi connectivity index (χ4n) is 0.745. The molecule has 0 atom stereocenters. The molecule has 0 fully saturated rings. The van der Waals surface area contributed by atoms with Crippen LogP contribution in [0.5, 0.6) is 0 Å². The molecule has 7 heteroatoms. The molecule has 0 unspecified atom stereocenters. The summed E-state index contributed by atoms with van der Waals surface area (Å²) in [5.74, 6) is -5.51. The lowest BCUT2D eigenvalue weighted by Gasteiger charge is -2.29. The molecule has 0 heterocycles. The molecule has 0 bridgehead atoms. The topological polar surface area (TPSA) is 80.3 Å². The first kappa shape index (κ1) is 12.7. The first-order valence-corrected chi connectivity index (χ1v) is 5.34. The molecule has 0 saturated heterocycles. The van der Waals surface area contributed by atoms with Crippen molar-refractivity contribution in [1.82, 2.24) is 0 Å². The van der Waals surface area contributed by atoms with E-state index in [0.717, 1.165) is 0 Å². The van der Waals surface area contributed by atoms with Crippen LogP contribution in [-0.4, -0.2) is 17.9 Å². The first-order chi connectivity index (χ1) is 5.69. The van der Waals surface area contributed by atoms with Crippen LogP contribution in [0.3, 0.4) is 0 Å². The highest BCUT2D eigenvalue weighted by Crippen LogP contribution is 2.29. The molecule has 0 aromatic heterocycles. The van der Waals surface area contributed by atoms with Crippen molar-refractivity contribution in [3.63, 3.8) is 0 Å². The van der Waals surface area contributed by atoms with Crippen LogP contribution in [-0.2, 0) is 9.36 Å². The highest BCUT2D eigenvalue weighted by atomic mass is 31.2. The largest absolute Gasteiger partial charge is 0.810 e. The van der Waals surface area contributed by atoms with Crippen LogP contribution in [0.4, 0.5) is 8.78 Å². The van der Waals surface area contributed by atoms with Crippen molar-refractivity contribution >= 4 is 13.4 Å². The van der Waals surface area contributed by atoms with Gasteiger partial charge in [-0.15, -0.1) is 0 Å². The summed E-state index contributed by atoms with van der Waals surface area (Å²) in [5.41, 5.74) is 0. The number of hydrogen-bond acceptors (Lipinski definition) is 4. The van der Waals surface area contributed by atoms with Gasteiger partial charge in [0.25, 0.3) is 0 Å². The van der Waals surface area contributed by atoms with Crippen LogP contribution < -0.4 is 9.79 Å². The third-order valence-corrected chi connectivity index (χ3v) is 1.98. The monoisotopic (exact) mass is 214 g/mol. The zero-order chi connectivity index (χ0) is 10.7. The van der Waals surface area contributed by atoms with E-state index < -0.39 is 31.9 Å². The number of halogens is 2. The molecule has 0 radical (unpaired) electrons. The van der Waals surface area contributed by atoms with Crippen LogP contribution in [0.25, 0.3) is 0 Å². The Bertz CT molecular complexity index is 235. The molecule has 0 aliphatic heterocycles. The van der Waals surface area contributed by atoms with E-state index in [1.165, 1.54) is 6.92 Å². The van der Waals surface area contributed by atoms with Crippen molar-refractivity contribution in [2.75, 3.05) is 6.16 Å². The van der Waals surface area contributed by atoms with Crippen LogP contribution >= 0.6 is 7.60 Å². The van der Waals surface area contributed by atoms with Crippen molar-refractivity contribution < 1.29 is 27.9 Å². The smallest absolute Gasteiger partial charge is 0.305 e. The molecule has 0 aromatic rings. The summed E-state index contributed by atoms with van der Waals surface area (Å²) in [6.45, 7) is 1.43. The summed E-state index contributed by atoms with van der Waals surface area (Å²) in [6, 6.07) is 0. The Hall–Kier alpha value is -0.320. The number of ketones is 1. The summed E-state index contributed by atoms with van der Waals surface area (Å²) in [4.78, 5) is 30.6. The van der Waals surface area contributed by atoms with Crippen molar-refractivity contribution in [3.05, 3.63) is 0 Å². The molecule has 0 amide bonds. The van der Waals surface area contributed by atoms with Gasteiger partial charge in [0.2, 0.25) is 5.78 Å². The Morgan fingerprint density at radius 3 is 2.23 bits per heavy atom. The molecular formula is C6H9F2O4P-2. The van der Waals surface area contributed by atoms with Gasteiger partial charge >= 0.3 is 5.92 Å². The Morgan fingerprint density at radius 2 is 1.92 bits per heavy atom. The molecule has 0 saturated carbocycles. The number of rotatable bonds is 5. The van der Waals surface area contributed by atoms with Crippen molar-refractivity contribution in [2.24, 2.45) is 0 Å². The molecule has 0 spiro atoms.